The van der Waals surface area contributed by atoms with Crippen LogP contribution in [-0.2, 0) is 0 Å². The molecule has 1 aliphatic rings. The van der Waals surface area contributed by atoms with Crippen molar-refractivity contribution in [2.75, 3.05) is 13.4 Å². The van der Waals surface area contributed by atoms with Gasteiger partial charge in [-0.25, -0.2) is 9.97 Å². The maximum atomic E-state index is 12.4. The summed E-state index contributed by atoms with van der Waals surface area (Å²) in [6.45, 7) is -0.0478. The summed E-state index contributed by atoms with van der Waals surface area (Å²) in [4.78, 5) is 20.5. The van der Waals surface area contributed by atoms with Gasteiger partial charge < -0.3 is 14.2 Å². The van der Waals surface area contributed by atoms with E-state index < -0.39 is 0 Å². The van der Waals surface area contributed by atoms with Gasteiger partial charge in [0.05, 0.1) is 15.9 Å². The smallest absolute Gasteiger partial charge is 0.231 e. The number of fused-ring (bicyclic) bond motifs is 2. The van der Waals surface area contributed by atoms with E-state index in [9.17, 15) is 4.79 Å². The molecule has 0 atom stereocenters. The van der Waals surface area contributed by atoms with Crippen molar-refractivity contribution in [1.29, 1.82) is 0 Å². The Balaban J connectivity index is 1.57. The number of ether oxygens (including phenoxy) is 3. The van der Waals surface area contributed by atoms with E-state index in [0.717, 1.165) is 0 Å². The van der Waals surface area contributed by atoms with Crippen LogP contribution in [0.4, 0.5) is 0 Å². The van der Waals surface area contributed by atoms with Gasteiger partial charge in [0.1, 0.15) is 6.33 Å². The summed E-state index contributed by atoms with van der Waals surface area (Å²) in [5.41, 5.74) is 0.963. The van der Waals surface area contributed by atoms with Crippen molar-refractivity contribution < 1.29 is 19.0 Å². The number of rotatable bonds is 4. The summed E-state index contributed by atoms with van der Waals surface area (Å²) in [6, 6.07) is 8.20. The van der Waals surface area contributed by atoms with Crippen LogP contribution in [0.25, 0.3) is 10.9 Å². The molecule has 126 valence electrons. The summed E-state index contributed by atoms with van der Waals surface area (Å²) in [7, 11) is 0. The second-order valence-corrected chi connectivity index (χ2v) is 6.09. The molecule has 0 amide bonds. The van der Waals surface area contributed by atoms with Crippen molar-refractivity contribution in [3.63, 3.8) is 0 Å². The van der Waals surface area contributed by atoms with Crippen LogP contribution in [0.3, 0.4) is 0 Å². The topological polar surface area (TPSA) is 70.5 Å². The zero-order valence-electron chi connectivity index (χ0n) is 12.7. The number of hydrogen-bond donors (Lipinski definition) is 0. The largest absolute Gasteiger partial charge is 0.469 e. The minimum atomic E-state index is -0.224. The number of ketones is 1. The van der Waals surface area contributed by atoms with Gasteiger partial charge in [-0.3, -0.25) is 4.79 Å². The summed E-state index contributed by atoms with van der Waals surface area (Å²) in [5, 5.41) is 1.36. The standard InChI is InChI=1S/C17H10Cl2N2O4/c18-10-4-11-16(12(19)5-10)20-7-21-17(11)23-6-13(22)9-1-2-14-15(3-9)25-8-24-14/h1-5,7H,6,8H2. The maximum Gasteiger partial charge on any atom is 0.231 e. The Morgan fingerprint density at radius 1 is 1.12 bits per heavy atom. The first-order valence-electron chi connectivity index (χ1n) is 7.27. The number of nitrogens with zero attached hydrogens (tertiary/aromatic N) is 2. The van der Waals surface area contributed by atoms with E-state index in [1.807, 2.05) is 0 Å². The summed E-state index contributed by atoms with van der Waals surface area (Å²) < 4.78 is 16.1. The molecule has 8 heteroatoms. The molecule has 0 fully saturated rings. The van der Waals surface area contributed by atoms with Gasteiger partial charge in [0.25, 0.3) is 0 Å². The molecule has 25 heavy (non-hydrogen) atoms. The maximum absolute atomic E-state index is 12.4. The predicted octanol–water partition coefficient (Wildman–Crippen LogP) is 3.93. The van der Waals surface area contributed by atoms with Crippen LogP contribution in [0.5, 0.6) is 17.4 Å². The van der Waals surface area contributed by atoms with E-state index in [-0.39, 0.29) is 25.1 Å². The molecule has 0 unspecified atom stereocenters. The number of carbonyl (C=O) groups excluding carboxylic acids is 1. The fraction of sp³-hybridized carbons (Fsp3) is 0.118. The highest BCUT2D eigenvalue weighted by atomic mass is 35.5. The average Bonchev–Trinajstić information content (AvgIpc) is 3.07. The Hall–Kier alpha value is -2.57. The predicted molar refractivity (Wildman–Crippen MR) is 91.9 cm³/mol. The van der Waals surface area contributed by atoms with Crippen molar-refractivity contribution >= 4 is 39.9 Å². The SMILES string of the molecule is O=C(COc1ncnc2c(Cl)cc(Cl)cc12)c1ccc2c(c1)OCO2. The fourth-order valence-corrected chi connectivity index (χ4v) is 3.01. The summed E-state index contributed by atoms with van der Waals surface area (Å²) >= 11 is 12.1. The number of hydrogen-bond acceptors (Lipinski definition) is 6. The molecule has 0 saturated carbocycles. The van der Waals surface area contributed by atoms with Gasteiger partial charge in [0.2, 0.25) is 12.7 Å². The number of aromatic nitrogens is 2. The number of carbonyl (C=O) groups is 1. The molecule has 6 nitrogen and oxygen atoms in total. The fourth-order valence-electron chi connectivity index (χ4n) is 2.47. The molecular weight excluding hydrogens is 367 g/mol. The lowest BCUT2D eigenvalue weighted by Gasteiger charge is -2.08. The molecule has 0 radical (unpaired) electrons. The third-order valence-corrected chi connectivity index (χ3v) is 4.16. The highest BCUT2D eigenvalue weighted by Gasteiger charge is 2.17. The zero-order chi connectivity index (χ0) is 17.4. The molecule has 2 heterocycles. The van der Waals surface area contributed by atoms with Crippen LogP contribution in [0.1, 0.15) is 10.4 Å². The third-order valence-electron chi connectivity index (χ3n) is 3.65. The van der Waals surface area contributed by atoms with Gasteiger partial charge in [-0.1, -0.05) is 23.2 Å². The highest BCUT2D eigenvalue weighted by Crippen LogP contribution is 2.33. The molecule has 0 spiro atoms. The van der Waals surface area contributed by atoms with Gasteiger partial charge in [-0.2, -0.15) is 0 Å². The van der Waals surface area contributed by atoms with Gasteiger partial charge in [-0.05, 0) is 30.3 Å². The number of halogens is 2. The first-order chi connectivity index (χ1) is 12.1. The van der Waals surface area contributed by atoms with Gasteiger partial charge in [0, 0.05) is 10.6 Å². The van der Waals surface area contributed by atoms with E-state index in [1.165, 1.54) is 6.33 Å². The minimum absolute atomic E-state index is 0.151. The van der Waals surface area contributed by atoms with Crippen molar-refractivity contribution in [1.82, 2.24) is 9.97 Å². The Bertz CT molecular complexity index is 994. The van der Waals surface area contributed by atoms with E-state index in [2.05, 4.69) is 9.97 Å². The van der Waals surface area contributed by atoms with Gasteiger partial charge in [0.15, 0.2) is 23.9 Å². The Labute approximate surface area is 152 Å². The molecule has 3 aromatic rings. The molecule has 0 N–H and O–H groups in total. The van der Waals surface area contributed by atoms with Crippen LogP contribution >= 0.6 is 23.2 Å². The van der Waals surface area contributed by atoms with E-state index in [0.29, 0.717) is 38.0 Å². The molecule has 1 aliphatic heterocycles. The normalized spacial score (nSPS) is 12.4. The average molecular weight is 377 g/mol. The lowest BCUT2D eigenvalue weighted by atomic mass is 10.1. The molecule has 0 saturated heterocycles. The number of Topliss-reactive ketones (excluding diaryl/α,β-unsaturated/α-hetero) is 1. The van der Waals surface area contributed by atoms with Crippen LogP contribution in [0.2, 0.25) is 10.0 Å². The van der Waals surface area contributed by atoms with Gasteiger partial charge in [-0.15, -0.1) is 0 Å². The highest BCUT2D eigenvalue weighted by molar-refractivity contribution is 6.38. The van der Waals surface area contributed by atoms with Crippen molar-refractivity contribution in [2.24, 2.45) is 0 Å². The Morgan fingerprint density at radius 3 is 2.84 bits per heavy atom. The van der Waals surface area contributed by atoms with Crippen molar-refractivity contribution in [2.45, 2.75) is 0 Å². The lowest BCUT2D eigenvalue weighted by molar-refractivity contribution is 0.0919. The Morgan fingerprint density at radius 2 is 1.96 bits per heavy atom. The van der Waals surface area contributed by atoms with Crippen molar-refractivity contribution in [3.05, 3.63) is 52.3 Å². The monoisotopic (exact) mass is 376 g/mol. The second kappa shape index (κ2) is 6.38. The molecule has 4 rings (SSSR count). The first-order valence-corrected chi connectivity index (χ1v) is 8.03. The number of benzene rings is 2. The van der Waals surface area contributed by atoms with Crippen LogP contribution < -0.4 is 14.2 Å². The zero-order valence-corrected chi connectivity index (χ0v) is 14.2. The van der Waals surface area contributed by atoms with Crippen LogP contribution in [-0.4, -0.2) is 29.2 Å². The molecule has 1 aromatic heterocycles. The van der Waals surface area contributed by atoms with E-state index in [4.69, 9.17) is 37.4 Å². The second-order valence-electron chi connectivity index (χ2n) is 5.24. The molecule has 2 aromatic carbocycles. The quantitative estimate of drug-likeness (QED) is 0.642. The minimum Gasteiger partial charge on any atom is -0.469 e. The third kappa shape index (κ3) is 3.06. The first kappa shape index (κ1) is 15.9. The van der Waals surface area contributed by atoms with E-state index >= 15 is 0 Å². The van der Waals surface area contributed by atoms with Crippen molar-refractivity contribution in [3.8, 4) is 17.4 Å². The van der Waals surface area contributed by atoms with Gasteiger partial charge >= 0.3 is 0 Å². The van der Waals surface area contributed by atoms with Crippen LogP contribution in [0.15, 0.2) is 36.7 Å². The summed E-state index contributed by atoms with van der Waals surface area (Å²) in [5.74, 6) is 1.17. The van der Waals surface area contributed by atoms with E-state index in [1.54, 1.807) is 30.3 Å². The Kier molecular flexibility index (Phi) is 4.07. The van der Waals surface area contributed by atoms with Crippen LogP contribution in [0, 0.1) is 0 Å². The molecule has 0 aliphatic carbocycles. The molecule has 0 bridgehead atoms. The lowest BCUT2D eigenvalue weighted by Crippen LogP contribution is -2.12. The summed E-state index contributed by atoms with van der Waals surface area (Å²) in [6.07, 6.45) is 1.32. The molecular formula is C17H10Cl2N2O4.